The fraction of sp³-hybridized carbons (Fsp3) is 0.529. The van der Waals surface area contributed by atoms with Crippen molar-refractivity contribution in [2.45, 2.75) is 43.0 Å². The number of carbonyl (C=O) groups is 2. The first-order valence-corrected chi connectivity index (χ1v) is 8.95. The first kappa shape index (κ1) is 17.0. The Labute approximate surface area is 135 Å². The van der Waals surface area contributed by atoms with Crippen LogP contribution in [0.1, 0.15) is 42.5 Å². The highest BCUT2D eigenvalue weighted by molar-refractivity contribution is 7.98. The van der Waals surface area contributed by atoms with E-state index in [2.05, 4.69) is 4.90 Å². The molecule has 4 nitrogen and oxygen atoms in total. The lowest BCUT2D eigenvalue weighted by Crippen LogP contribution is -2.32. The van der Waals surface area contributed by atoms with Crippen molar-refractivity contribution >= 4 is 23.5 Å². The van der Waals surface area contributed by atoms with Gasteiger partial charge in [0.2, 0.25) is 0 Å². The number of ketones is 1. The molecule has 1 N–H and O–H groups in total. The topological polar surface area (TPSA) is 57.6 Å². The van der Waals surface area contributed by atoms with Crippen LogP contribution in [0.5, 0.6) is 0 Å². The van der Waals surface area contributed by atoms with Crippen molar-refractivity contribution in [1.82, 2.24) is 4.90 Å². The number of likely N-dealkylation sites (tertiary alicyclic amines) is 1. The van der Waals surface area contributed by atoms with Crippen LogP contribution in [-0.2, 0) is 4.79 Å². The number of benzene rings is 1. The standard InChI is InChI=1S/C17H23NO3S/c1-22-15-7-4-13(5-8-15)16(19)10-12-18-11-2-3-14(18)6-9-17(20)21/h4-5,7-8,14H,2-3,6,9-12H2,1H3,(H,20,21). The van der Waals surface area contributed by atoms with Crippen LogP contribution in [0.25, 0.3) is 0 Å². The molecule has 22 heavy (non-hydrogen) atoms. The second kappa shape index (κ2) is 8.34. The van der Waals surface area contributed by atoms with Crippen LogP contribution in [0.3, 0.4) is 0 Å². The SMILES string of the molecule is CSc1ccc(C(=O)CCN2CCCC2CCC(=O)O)cc1. The molecule has 1 aromatic rings. The maximum atomic E-state index is 12.2. The Morgan fingerprint density at radius 3 is 2.64 bits per heavy atom. The zero-order valence-corrected chi connectivity index (χ0v) is 13.8. The second-order valence-electron chi connectivity index (χ2n) is 5.67. The predicted octanol–water partition coefficient (Wildman–Crippen LogP) is 3.31. The summed E-state index contributed by atoms with van der Waals surface area (Å²) in [6.07, 6.45) is 5.56. The number of rotatable bonds is 8. The Morgan fingerprint density at radius 2 is 2.00 bits per heavy atom. The van der Waals surface area contributed by atoms with E-state index in [0.717, 1.165) is 36.4 Å². The third-order valence-electron chi connectivity index (χ3n) is 4.23. The molecular formula is C17H23NO3S. The molecule has 0 aliphatic carbocycles. The van der Waals surface area contributed by atoms with Gasteiger partial charge in [-0.1, -0.05) is 12.1 Å². The van der Waals surface area contributed by atoms with Crippen LogP contribution in [0.4, 0.5) is 0 Å². The van der Waals surface area contributed by atoms with Crippen LogP contribution in [0, 0.1) is 0 Å². The van der Waals surface area contributed by atoms with Crippen molar-refractivity contribution in [1.29, 1.82) is 0 Å². The van der Waals surface area contributed by atoms with Crippen LogP contribution in [-0.4, -0.2) is 47.1 Å². The van der Waals surface area contributed by atoms with Gasteiger partial charge in [-0.3, -0.25) is 14.5 Å². The zero-order valence-electron chi connectivity index (χ0n) is 13.0. The van der Waals surface area contributed by atoms with Gasteiger partial charge in [0.25, 0.3) is 0 Å². The molecule has 1 aromatic carbocycles. The number of nitrogens with zero attached hydrogens (tertiary/aromatic N) is 1. The summed E-state index contributed by atoms with van der Waals surface area (Å²) in [5, 5.41) is 8.80. The molecule has 1 aliphatic heterocycles. The number of carboxylic acids is 1. The Bertz CT molecular complexity index is 515. The van der Waals surface area contributed by atoms with Crippen molar-refractivity contribution in [2.75, 3.05) is 19.3 Å². The molecule has 1 fully saturated rings. The Kier molecular flexibility index (Phi) is 6.46. The van der Waals surface area contributed by atoms with E-state index in [9.17, 15) is 9.59 Å². The lowest BCUT2D eigenvalue weighted by atomic mass is 10.1. The molecule has 0 bridgehead atoms. The molecule has 1 unspecified atom stereocenters. The summed E-state index contributed by atoms with van der Waals surface area (Å²) in [5.74, 6) is -0.576. The minimum atomic E-state index is -0.739. The molecule has 1 saturated heterocycles. The van der Waals surface area contributed by atoms with Gasteiger partial charge in [0.05, 0.1) is 0 Å². The van der Waals surface area contributed by atoms with Gasteiger partial charge in [-0.15, -0.1) is 11.8 Å². The van der Waals surface area contributed by atoms with Gasteiger partial charge in [0.15, 0.2) is 5.78 Å². The molecule has 0 radical (unpaired) electrons. The number of thioether (sulfide) groups is 1. The van der Waals surface area contributed by atoms with Crippen LogP contribution in [0.15, 0.2) is 29.2 Å². The van der Waals surface area contributed by atoms with E-state index in [4.69, 9.17) is 5.11 Å². The lowest BCUT2D eigenvalue weighted by molar-refractivity contribution is -0.137. The summed E-state index contributed by atoms with van der Waals surface area (Å²) >= 11 is 1.66. The highest BCUT2D eigenvalue weighted by Crippen LogP contribution is 2.22. The summed E-state index contributed by atoms with van der Waals surface area (Å²) < 4.78 is 0. The van der Waals surface area contributed by atoms with Gasteiger partial charge in [0.1, 0.15) is 0 Å². The highest BCUT2D eigenvalue weighted by atomic mass is 32.2. The smallest absolute Gasteiger partial charge is 0.303 e. The van der Waals surface area contributed by atoms with Gasteiger partial charge in [-0.2, -0.15) is 0 Å². The van der Waals surface area contributed by atoms with Crippen molar-refractivity contribution in [3.8, 4) is 0 Å². The van der Waals surface area contributed by atoms with Gasteiger partial charge < -0.3 is 5.11 Å². The van der Waals surface area contributed by atoms with Gasteiger partial charge >= 0.3 is 5.97 Å². The summed E-state index contributed by atoms with van der Waals surface area (Å²) in [6.45, 7) is 1.70. The van der Waals surface area contributed by atoms with E-state index < -0.39 is 5.97 Å². The van der Waals surface area contributed by atoms with E-state index in [1.54, 1.807) is 11.8 Å². The Morgan fingerprint density at radius 1 is 1.27 bits per heavy atom. The Hall–Kier alpha value is -1.33. The molecule has 120 valence electrons. The monoisotopic (exact) mass is 321 g/mol. The fourth-order valence-corrected chi connectivity index (χ4v) is 3.38. The van der Waals surface area contributed by atoms with Gasteiger partial charge in [0, 0.05) is 35.9 Å². The first-order chi connectivity index (χ1) is 10.6. The average Bonchev–Trinajstić information content (AvgIpc) is 2.98. The van der Waals surface area contributed by atoms with Crippen LogP contribution in [0.2, 0.25) is 0 Å². The maximum absolute atomic E-state index is 12.2. The van der Waals surface area contributed by atoms with Crippen molar-refractivity contribution in [3.05, 3.63) is 29.8 Å². The largest absolute Gasteiger partial charge is 0.481 e. The Balaban J connectivity index is 1.82. The molecule has 0 aromatic heterocycles. The minimum Gasteiger partial charge on any atom is -0.481 e. The third kappa shape index (κ3) is 4.85. The number of hydrogen-bond donors (Lipinski definition) is 1. The summed E-state index contributed by atoms with van der Waals surface area (Å²) in [6, 6.07) is 8.05. The molecule has 1 atom stereocenters. The fourth-order valence-electron chi connectivity index (χ4n) is 2.97. The predicted molar refractivity (Wildman–Crippen MR) is 88.6 cm³/mol. The molecular weight excluding hydrogens is 298 g/mol. The summed E-state index contributed by atoms with van der Waals surface area (Å²) in [7, 11) is 0. The van der Waals surface area contributed by atoms with E-state index in [1.807, 2.05) is 30.5 Å². The molecule has 0 spiro atoms. The lowest BCUT2D eigenvalue weighted by Gasteiger charge is -2.23. The average molecular weight is 321 g/mol. The molecule has 0 amide bonds. The normalized spacial score (nSPS) is 18.5. The van der Waals surface area contributed by atoms with E-state index >= 15 is 0 Å². The van der Waals surface area contributed by atoms with Crippen LogP contribution >= 0.6 is 11.8 Å². The van der Waals surface area contributed by atoms with Gasteiger partial charge in [-0.25, -0.2) is 0 Å². The second-order valence-corrected chi connectivity index (χ2v) is 6.55. The summed E-state index contributed by atoms with van der Waals surface area (Å²) in [5.41, 5.74) is 0.763. The number of Topliss-reactive ketones (excluding diaryl/α,β-unsaturated/α-hetero) is 1. The van der Waals surface area contributed by atoms with E-state index in [-0.39, 0.29) is 12.2 Å². The van der Waals surface area contributed by atoms with Crippen molar-refractivity contribution < 1.29 is 14.7 Å². The number of carboxylic acid groups (broad SMARTS) is 1. The maximum Gasteiger partial charge on any atom is 0.303 e. The third-order valence-corrected chi connectivity index (χ3v) is 4.97. The van der Waals surface area contributed by atoms with Crippen molar-refractivity contribution in [3.63, 3.8) is 0 Å². The molecule has 5 heteroatoms. The zero-order chi connectivity index (χ0) is 15.9. The van der Waals surface area contributed by atoms with Gasteiger partial charge in [-0.05, 0) is 44.2 Å². The molecule has 1 aliphatic rings. The number of hydrogen-bond acceptors (Lipinski definition) is 4. The van der Waals surface area contributed by atoms with E-state index in [1.165, 1.54) is 0 Å². The highest BCUT2D eigenvalue weighted by Gasteiger charge is 2.25. The van der Waals surface area contributed by atoms with E-state index in [0.29, 0.717) is 18.9 Å². The van der Waals surface area contributed by atoms with Crippen molar-refractivity contribution in [2.24, 2.45) is 0 Å². The molecule has 0 saturated carbocycles. The quantitative estimate of drug-likeness (QED) is 0.588. The molecule has 1 heterocycles. The number of aliphatic carboxylic acids is 1. The minimum absolute atomic E-state index is 0.163. The first-order valence-electron chi connectivity index (χ1n) is 7.73. The van der Waals surface area contributed by atoms with Crippen LogP contribution < -0.4 is 0 Å². The molecule has 2 rings (SSSR count). The summed E-state index contributed by atoms with van der Waals surface area (Å²) in [4.78, 5) is 26.4. The number of carbonyl (C=O) groups excluding carboxylic acids is 1.